The van der Waals surface area contributed by atoms with Gasteiger partial charge in [0.25, 0.3) is 10.0 Å². The molecule has 37 heavy (non-hydrogen) atoms. The number of carbonyl (C=O) groups is 1. The van der Waals surface area contributed by atoms with Crippen molar-refractivity contribution in [2.75, 3.05) is 38.3 Å². The van der Waals surface area contributed by atoms with E-state index >= 15 is 0 Å². The van der Waals surface area contributed by atoms with Crippen LogP contribution in [0.3, 0.4) is 0 Å². The summed E-state index contributed by atoms with van der Waals surface area (Å²) < 4.78 is 51.1. The Labute approximate surface area is 217 Å². The van der Waals surface area contributed by atoms with Gasteiger partial charge in [0.15, 0.2) is 11.5 Å². The molecular formula is C27H31NO8S. The number of hydrogen-bond donors (Lipinski definition) is 1. The van der Waals surface area contributed by atoms with Crippen LogP contribution < -0.4 is 18.5 Å². The number of carbonyl (C=O) groups excluding carboxylic acids is 1. The van der Waals surface area contributed by atoms with E-state index in [1.165, 1.54) is 42.8 Å². The highest BCUT2D eigenvalue weighted by Gasteiger charge is 2.31. The molecule has 0 heterocycles. The lowest BCUT2D eigenvalue weighted by Crippen LogP contribution is -2.34. The molecule has 0 aliphatic heterocycles. The van der Waals surface area contributed by atoms with Crippen LogP contribution in [0, 0.1) is 5.92 Å². The van der Waals surface area contributed by atoms with Crippen LogP contribution in [0.25, 0.3) is 0 Å². The molecule has 0 aliphatic carbocycles. The molecule has 0 bridgehead atoms. The van der Waals surface area contributed by atoms with Gasteiger partial charge in [0, 0.05) is 12.6 Å². The van der Waals surface area contributed by atoms with E-state index in [1.54, 1.807) is 42.5 Å². The number of esters is 1. The summed E-state index contributed by atoms with van der Waals surface area (Å²) >= 11 is 0. The summed E-state index contributed by atoms with van der Waals surface area (Å²) in [5, 5.41) is 9.40. The Morgan fingerprint density at radius 3 is 2.30 bits per heavy atom. The molecule has 3 rings (SSSR count). The molecule has 0 spiro atoms. The number of sulfonamides is 1. The third-order valence-electron chi connectivity index (χ3n) is 5.20. The van der Waals surface area contributed by atoms with Crippen LogP contribution in [-0.2, 0) is 14.8 Å². The maximum absolute atomic E-state index is 13.9. The number of anilines is 1. The Balaban J connectivity index is 2.32. The molecule has 0 unspecified atom stereocenters. The normalized spacial score (nSPS) is 11.2. The van der Waals surface area contributed by atoms with Crippen molar-refractivity contribution in [2.24, 2.45) is 5.92 Å². The zero-order valence-corrected chi connectivity index (χ0v) is 22.0. The number of ether oxygens (including phenoxy) is 4. The molecule has 0 saturated heterocycles. The molecule has 0 aliphatic rings. The summed E-state index contributed by atoms with van der Waals surface area (Å²) in [5.41, 5.74) is 0.136. The summed E-state index contributed by atoms with van der Waals surface area (Å²) in [5.74, 6) is 0.207. The maximum Gasteiger partial charge on any atom is 0.338 e. The second-order valence-corrected chi connectivity index (χ2v) is 10.3. The minimum absolute atomic E-state index is 0.0505. The van der Waals surface area contributed by atoms with Crippen LogP contribution in [-0.4, -0.2) is 53.5 Å². The quantitative estimate of drug-likeness (QED) is 0.342. The van der Waals surface area contributed by atoms with Gasteiger partial charge in [-0.3, -0.25) is 4.31 Å². The summed E-state index contributed by atoms with van der Waals surface area (Å²) in [6.45, 7) is 3.41. The van der Waals surface area contributed by atoms with Crippen LogP contribution in [0.4, 0.5) is 5.69 Å². The Kier molecular flexibility index (Phi) is 9.37. The molecule has 0 amide bonds. The smallest absolute Gasteiger partial charge is 0.338 e. The Morgan fingerprint density at radius 1 is 0.973 bits per heavy atom. The fourth-order valence-electron chi connectivity index (χ4n) is 3.53. The summed E-state index contributed by atoms with van der Waals surface area (Å²) in [6, 6.07) is 17.5. The van der Waals surface area contributed by atoms with E-state index in [-0.39, 0.29) is 53.3 Å². The van der Waals surface area contributed by atoms with E-state index in [9.17, 15) is 18.3 Å². The van der Waals surface area contributed by atoms with Crippen molar-refractivity contribution in [2.45, 2.75) is 18.7 Å². The van der Waals surface area contributed by atoms with Crippen molar-refractivity contribution in [3.8, 4) is 23.0 Å². The first-order valence-corrected chi connectivity index (χ1v) is 13.0. The Bertz CT molecular complexity index is 1310. The van der Waals surface area contributed by atoms with E-state index in [2.05, 4.69) is 0 Å². The van der Waals surface area contributed by atoms with Gasteiger partial charge in [-0.05, 0) is 42.3 Å². The third-order valence-corrected chi connectivity index (χ3v) is 6.99. The summed E-state index contributed by atoms with van der Waals surface area (Å²) in [7, 11) is -1.35. The molecule has 198 valence electrons. The van der Waals surface area contributed by atoms with Crippen molar-refractivity contribution in [3.63, 3.8) is 0 Å². The molecule has 0 saturated carbocycles. The highest BCUT2D eigenvalue weighted by atomic mass is 32.2. The average Bonchev–Trinajstić information content (AvgIpc) is 2.91. The van der Waals surface area contributed by atoms with E-state index in [0.717, 1.165) is 0 Å². The first-order chi connectivity index (χ1) is 17.7. The average molecular weight is 530 g/mol. The minimum atomic E-state index is -4.09. The lowest BCUT2D eigenvalue weighted by molar-refractivity contribution is 0.0600. The number of nitrogens with zero attached hydrogens (tertiary/aromatic N) is 1. The Morgan fingerprint density at radius 2 is 1.68 bits per heavy atom. The number of aliphatic hydroxyl groups excluding tert-OH is 1. The van der Waals surface area contributed by atoms with Gasteiger partial charge in [-0.25, -0.2) is 13.2 Å². The van der Waals surface area contributed by atoms with E-state index in [4.69, 9.17) is 18.9 Å². The number of aliphatic hydroxyl groups is 1. The van der Waals surface area contributed by atoms with E-state index in [0.29, 0.717) is 11.5 Å². The van der Waals surface area contributed by atoms with Crippen LogP contribution >= 0.6 is 0 Å². The van der Waals surface area contributed by atoms with Gasteiger partial charge >= 0.3 is 5.97 Å². The fourth-order valence-corrected chi connectivity index (χ4v) is 5.18. The predicted molar refractivity (Wildman–Crippen MR) is 139 cm³/mol. The first-order valence-electron chi connectivity index (χ1n) is 11.6. The largest absolute Gasteiger partial charge is 0.497 e. The van der Waals surface area contributed by atoms with Crippen LogP contribution in [0.5, 0.6) is 23.0 Å². The summed E-state index contributed by atoms with van der Waals surface area (Å²) in [6.07, 6.45) is 0. The molecule has 3 aromatic rings. The van der Waals surface area contributed by atoms with Crippen molar-refractivity contribution in [1.29, 1.82) is 0 Å². The van der Waals surface area contributed by atoms with Crippen molar-refractivity contribution in [3.05, 3.63) is 72.3 Å². The molecule has 0 fully saturated rings. The van der Waals surface area contributed by atoms with Gasteiger partial charge in [-0.2, -0.15) is 0 Å². The van der Waals surface area contributed by atoms with Crippen molar-refractivity contribution >= 4 is 21.7 Å². The van der Waals surface area contributed by atoms with Gasteiger partial charge in [0.1, 0.15) is 18.1 Å². The molecule has 0 radical (unpaired) electrons. The minimum Gasteiger partial charge on any atom is -0.497 e. The predicted octanol–water partition coefficient (Wildman–Crippen LogP) is 4.50. The van der Waals surface area contributed by atoms with Gasteiger partial charge < -0.3 is 24.1 Å². The van der Waals surface area contributed by atoms with Gasteiger partial charge in [-0.15, -0.1) is 0 Å². The SMILES string of the molecule is COC(=O)c1cc(OCCO)c(Oc2cccc(OC)c2)c(N(CC(C)C)S(=O)(=O)c2ccccc2)c1. The van der Waals surface area contributed by atoms with E-state index in [1.807, 2.05) is 13.8 Å². The standard InChI is InChI=1S/C27H31NO8S/c1-19(2)18-28(37(31,32)23-11-6-5-7-12-23)24-15-20(27(30)34-4)16-25(35-14-13-29)26(24)36-22-10-8-9-21(17-22)33-3/h5-12,15-17,19,29H,13-14,18H2,1-4H3. The summed E-state index contributed by atoms with van der Waals surface area (Å²) in [4.78, 5) is 12.6. The van der Waals surface area contributed by atoms with Crippen molar-refractivity contribution < 1.29 is 37.3 Å². The number of rotatable bonds is 12. The fraction of sp³-hybridized carbons (Fsp3) is 0.296. The first kappa shape index (κ1) is 27.8. The number of benzene rings is 3. The molecule has 1 N–H and O–H groups in total. The lowest BCUT2D eigenvalue weighted by atomic mass is 10.1. The zero-order chi connectivity index (χ0) is 27.0. The van der Waals surface area contributed by atoms with E-state index < -0.39 is 16.0 Å². The zero-order valence-electron chi connectivity index (χ0n) is 21.2. The molecule has 3 aromatic carbocycles. The van der Waals surface area contributed by atoms with Gasteiger partial charge in [-0.1, -0.05) is 38.1 Å². The molecule has 10 heteroatoms. The monoisotopic (exact) mass is 529 g/mol. The second kappa shape index (κ2) is 12.5. The number of hydrogen-bond acceptors (Lipinski definition) is 8. The van der Waals surface area contributed by atoms with Crippen LogP contribution in [0.2, 0.25) is 0 Å². The Hall–Kier alpha value is -3.76. The third kappa shape index (κ3) is 6.72. The van der Waals surface area contributed by atoms with Gasteiger partial charge in [0.2, 0.25) is 0 Å². The lowest BCUT2D eigenvalue weighted by Gasteiger charge is -2.29. The highest BCUT2D eigenvalue weighted by molar-refractivity contribution is 7.92. The molecule has 9 nitrogen and oxygen atoms in total. The maximum atomic E-state index is 13.9. The topological polar surface area (TPSA) is 112 Å². The highest BCUT2D eigenvalue weighted by Crippen LogP contribution is 2.44. The molecule has 0 aromatic heterocycles. The molecule has 0 atom stereocenters. The van der Waals surface area contributed by atoms with Crippen LogP contribution in [0.15, 0.2) is 71.6 Å². The molecular weight excluding hydrogens is 498 g/mol. The van der Waals surface area contributed by atoms with Gasteiger partial charge in [0.05, 0.1) is 37.0 Å². The number of methoxy groups -OCH3 is 2. The second-order valence-electron chi connectivity index (χ2n) is 8.41. The van der Waals surface area contributed by atoms with Crippen molar-refractivity contribution in [1.82, 2.24) is 0 Å². The van der Waals surface area contributed by atoms with Crippen LogP contribution in [0.1, 0.15) is 24.2 Å².